The minimum Gasteiger partial charge on any atom is -0.381 e. The molecule has 1 atom stereocenters. The third-order valence-electron chi connectivity index (χ3n) is 5.14. The number of hydrogen-bond donors (Lipinski definition) is 1. The number of halogens is 1. The van der Waals surface area contributed by atoms with Gasteiger partial charge < -0.3 is 19.7 Å². The summed E-state index contributed by atoms with van der Waals surface area (Å²) in [6, 6.07) is 10.4. The molecule has 1 aromatic carbocycles. The van der Waals surface area contributed by atoms with Gasteiger partial charge in [-0.05, 0) is 44.1 Å². The van der Waals surface area contributed by atoms with E-state index in [1.54, 1.807) is 0 Å². The minimum absolute atomic E-state index is 0. The van der Waals surface area contributed by atoms with Crippen molar-refractivity contribution < 1.29 is 9.47 Å². The number of rotatable bonds is 11. The lowest BCUT2D eigenvalue weighted by Gasteiger charge is -2.21. The number of ether oxygens (including phenoxy) is 2. The highest BCUT2D eigenvalue weighted by Gasteiger charge is 2.25. The number of nitrogens with one attached hydrogen (secondary N) is 1. The first-order valence-electron chi connectivity index (χ1n) is 10.6. The molecule has 1 unspecified atom stereocenters. The lowest BCUT2D eigenvalue weighted by molar-refractivity contribution is 0.0906. The molecule has 2 aliphatic rings. The van der Waals surface area contributed by atoms with Crippen LogP contribution in [0.15, 0.2) is 35.3 Å². The highest BCUT2D eigenvalue weighted by Crippen LogP contribution is 2.28. The summed E-state index contributed by atoms with van der Waals surface area (Å²) in [6.45, 7) is 9.25. The van der Waals surface area contributed by atoms with Gasteiger partial charge in [0.2, 0.25) is 0 Å². The van der Waals surface area contributed by atoms with Crippen molar-refractivity contribution in [2.24, 2.45) is 16.8 Å². The van der Waals surface area contributed by atoms with E-state index in [0.717, 1.165) is 64.3 Å². The van der Waals surface area contributed by atoms with Crippen molar-refractivity contribution in [2.75, 3.05) is 46.0 Å². The fourth-order valence-corrected chi connectivity index (χ4v) is 3.39. The van der Waals surface area contributed by atoms with Crippen LogP contribution in [0.4, 0.5) is 0 Å². The van der Waals surface area contributed by atoms with Crippen molar-refractivity contribution in [3.8, 4) is 0 Å². The maximum Gasteiger partial charge on any atom is 0.193 e. The number of guanidine groups is 1. The fourth-order valence-electron chi connectivity index (χ4n) is 3.39. The minimum atomic E-state index is 0. The van der Waals surface area contributed by atoms with Crippen LogP contribution in [-0.4, -0.2) is 56.9 Å². The Morgan fingerprint density at radius 3 is 2.64 bits per heavy atom. The molecular formula is C22H36IN3O2. The Labute approximate surface area is 187 Å². The lowest BCUT2D eigenvalue weighted by atomic mass is 10.1. The van der Waals surface area contributed by atoms with Gasteiger partial charge in [-0.1, -0.05) is 30.3 Å². The molecule has 1 aliphatic carbocycles. The molecule has 0 bridgehead atoms. The number of aliphatic imine (C=N–C) groups is 1. The van der Waals surface area contributed by atoms with Crippen LogP contribution in [0.1, 0.15) is 38.2 Å². The summed E-state index contributed by atoms with van der Waals surface area (Å²) in [4.78, 5) is 7.18. The van der Waals surface area contributed by atoms with Crippen LogP contribution in [0.5, 0.6) is 0 Å². The molecular weight excluding hydrogens is 465 g/mol. The van der Waals surface area contributed by atoms with E-state index in [2.05, 4.69) is 41.4 Å². The lowest BCUT2D eigenvalue weighted by Crippen LogP contribution is -2.40. The molecule has 1 saturated heterocycles. The molecule has 28 heavy (non-hydrogen) atoms. The summed E-state index contributed by atoms with van der Waals surface area (Å²) < 4.78 is 11.6. The van der Waals surface area contributed by atoms with Gasteiger partial charge in [0, 0.05) is 45.3 Å². The molecule has 5 nitrogen and oxygen atoms in total. The predicted octanol–water partition coefficient (Wildman–Crippen LogP) is 3.93. The molecule has 2 fully saturated rings. The zero-order valence-corrected chi connectivity index (χ0v) is 19.5. The SMILES string of the molecule is CCNC(=NCCCOCC1CC1)N1CCC(COCc2ccccc2)C1.I. The third kappa shape index (κ3) is 8.66. The molecule has 158 valence electrons. The van der Waals surface area contributed by atoms with Gasteiger partial charge in [0.15, 0.2) is 5.96 Å². The molecule has 3 rings (SSSR count). The third-order valence-corrected chi connectivity index (χ3v) is 5.14. The average Bonchev–Trinajstić information content (AvgIpc) is 3.40. The van der Waals surface area contributed by atoms with Crippen LogP contribution in [0, 0.1) is 11.8 Å². The first-order valence-corrected chi connectivity index (χ1v) is 10.6. The second-order valence-corrected chi connectivity index (χ2v) is 7.71. The van der Waals surface area contributed by atoms with E-state index in [9.17, 15) is 0 Å². The van der Waals surface area contributed by atoms with Crippen LogP contribution in [0.25, 0.3) is 0 Å². The molecule has 1 N–H and O–H groups in total. The maximum atomic E-state index is 5.94. The largest absolute Gasteiger partial charge is 0.381 e. The van der Waals surface area contributed by atoms with Gasteiger partial charge in [-0.15, -0.1) is 24.0 Å². The van der Waals surface area contributed by atoms with Crippen LogP contribution >= 0.6 is 24.0 Å². The molecule has 0 radical (unpaired) electrons. The molecule has 6 heteroatoms. The van der Waals surface area contributed by atoms with Crippen LogP contribution in [0.3, 0.4) is 0 Å². The van der Waals surface area contributed by atoms with Gasteiger partial charge in [0.1, 0.15) is 0 Å². The first kappa shape index (κ1) is 23.4. The number of likely N-dealkylation sites (tertiary alicyclic amines) is 1. The van der Waals surface area contributed by atoms with E-state index in [1.165, 1.54) is 24.8 Å². The summed E-state index contributed by atoms with van der Waals surface area (Å²) >= 11 is 0. The highest BCUT2D eigenvalue weighted by atomic mass is 127. The zero-order chi connectivity index (χ0) is 18.7. The second-order valence-electron chi connectivity index (χ2n) is 7.71. The van der Waals surface area contributed by atoms with Crippen LogP contribution in [-0.2, 0) is 16.1 Å². The summed E-state index contributed by atoms with van der Waals surface area (Å²) in [7, 11) is 0. The fraction of sp³-hybridized carbons (Fsp3) is 0.682. The predicted molar refractivity (Wildman–Crippen MR) is 125 cm³/mol. The Hall–Kier alpha value is -0.860. The van der Waals surface area contributed by atoms with Crippen molar-refractivity contribution in [1.29, 1.82) is 0 Å². The monoisotopic (exact) mass is 501 g/mol. The molecule has 1 saturated carbocycles. The normalized spacial score (nSPS) is 19.5. The zero-order valence-electron chi connectivity index (χ0n) is 17.1. The van der Waals surface area contributed by atoms with E-state index in [0.29, 0.717) is 12.5 Å². The molecule has 0 amide bonds. The van der Waals surface area contributed by atoms with Crippen molar-refractivity contribution in [3.63, 3.8) is 0 Å². The van der Waals surface area contributed by atoms with Crippen molar-refractivity contribution in [1.82, 2.24) is 10.2 Å². The molecule has 0 aromatic heterocycles. The Kier molecular flexibility index (Phi) is 11.2. The molecule has 1 heterocycles. The van der Waals surface area contributed by atoms with Gasteiger partial charge >= 0.3 is 0 Å². The first-order chi connectivity index (χ1) is 13.3. The van der Waals surface area contributed by atoms with E-state index in [1.807, 2.05) is 6.07 Å². The number of nitrogens with zero attached hydrogens (tertiary/aromatic N) is 2. The van der Waals surface area contributed by atoms with E-state index in [4.69, 9.17) is 14.5 Å². The summed E-state index contributed by atoms with van der Waals surface area (Å²) in [5.74, 6) is 2.47. The Bertz CT molecular complexity index is 566. The van der Waals surface area contributed by atoms with Crippen molar-refractivity contribution in [2.45, 2.75) is 39.2 Å². The summed E-state index contributed by atoms with van der Waals surface area (Å²) in [6.07, 6.45) is 4.88. The van der Waals surface area contributed by atoms with Gasteiger partial charge in [-0.3, -0.25) is 4.99 Å². The van der Waals surface area contributed by atoms with E-state index in [-0.39, 0.29) is 24.0 Å². The standard InChI is InChI=1S/C22H35N3O2.HI/c1-2-23-22(24-12-6-14-26-16-20-9-10-20)25-13-11-21(15-25)18-27-17-19-7-4-3-5-8-19;/h3-5,7-8,20-21H,2,6,9-18H2,1H3,(H,23,24);1H. The van der Waals surface area contributed by atoms with Gasteiger partial charge in [-0.25, -0.2) is 0 Å². The maximum absolute atomic E-state index is 5.94. The molecule has 1 aromatic rings. The van der Waals surface area contributed by atoms with Crippen LogP contribution in [0.2, 0.25) is 0 Å². The smallest absolute Gasteiger partial charge is 0.193 e. The Morgan fingerprint density at radius 2 is 1.89 bits per heavy atom. The van der Waals surface area contributed by atoms with Gasteiger partial charge in [0.05, 0.1) is 13.2 Å². The summed E-state index contributed by atoms with van der Waals surface area (Å²) in [5, 5.41) is 3.44. The quantitative estimate of drug-likeness (QED) is 0.216. The average molecular weight is 501 g/mol. The van der Waals surface area contributed by atoms with Crippen molar-refractivity contribution >= 4 is 29.9 Å². The highest BCUT2D eigenvalue weighted by molar-refractivity contribution is 14.0. The topological polar surface area (TPSA) is 46.1 Å². The number of benzene rings is 1. The van der Waals surface area contributed by atoms with Gasteiger partial charge in [-0.2, -0.15) is 0 Å². The Morgan fingerprint density at radius 1 is 1.11 bits per heavy atom. The number of hydrogen-bond acceptors (Lipinski definition) is 3. The molecule has 0 spiro atoms. The van der Waals surface area contributed by atoms with Crippen LogP contribution < -0.4 is 5.32 Å². The summed E-state index contributed by atoms with van der Waals surface area (Å²) in [5.41, 5.74) is 1.24. The second kappa shape index (κ2) is 13.4. The van der Waals surface area contributed by atoms with E-state index >= 15 is 0 Å². The molecule has 1 aliphatic heterocycles. The van der Waals surface area contributed by atoms with Crippen molar-refractivity contribution in [3.05, 3.63) is 35.9 Å². The Balaban J connectivity index is 0.00000280. The van der Waals surface area contributed by atoms with E-state index < -0.39 is 0 Å². The van der Waals surface area contributed by atoms with Gasteiger partial charge in [0.25, 0.3) is 0 Å².